The molecule has 1 amide bonds. The van der Waals surface area contributed by atoms with Gasteiger partial charge in [-0.2, -0.15) is 13.2 Å². The van der Waals surface area contributed by atoms with Crippen LogP contribution >= 0.6 is 0 Å². The highest BCUT2D eigenvalue weighted by atomic mass is 19.4. The van der Waals surface area contributed by atoms with Crippen LogP contribution in [0.15, 0.2) is 30.3 Å². The van der Waals surface area contributed by atoms with Crippen molar-refractivity contribution in [3.63, 3.8) is 0 Å². The van der Waals surface area contributed by atoms with Crippen LogP contribution in [0.4, 0.5) is 18.9 Å². The Hall–Kier alpha value is -4.29. The van der Waals surface area contributed by atoms with Gasteiger partial charge in [0.15, 0.2) is 5.78 Å². The maximum atomic E-state index is 12.7. The van der Waals surface area contributed by atoms with Gasteiger partial charge in [0.1, 0.15) is 22.8 Å². The molecule has 0 radical (unpaired) electrons. The van der Waals surface area contributed by atoms with E-state index in [1.54, 1.807) is 0 Å². The number of methoxy groups -OCH3 is 1. The number of benzene rings is 2. The Morgan fingerprint density at radius 1 is 0.973 bits per heavy atom. The molecule has 0 atom stereocenters. The molecule has 0 aromatic heterocycles. The molecule has 0 aliphatic heterocycles. The van der Waals surface area contributed by atoms with Gasteiger partial charge >= 0.3 is 24.0 Å². The predicted octanol–water partition coefficient (Wildman–Crippen LogP) is 3.75. The number of ketones is 1. The summed E-state index contributed by atoms with van der Waals surface area (Å²) < 4.78 is 54.0. The molecule has 10 nitrogen and oxygen atoms in total. The quantitative estimate of drug-likeness (QED) is 0.172. The maximum absolute atomic E-state index is 12.7. The number of nitrogens with one attached hydrogen (secondary N) is 1. The van der Waals surface area contributed by atoms with Crippen molar-refractivity contribution in [2.75, 3.05) is 25.6 Å². The fraction of sp³-hybridized carbons (Fsp3) is 0.333. The lowest BCUT2D eigenvalue weighted by molar-refractivity contribution is -0.147. The summed E-state index contributed by atoms with van der Waals surface area (Å²) in [4.78, 5) is 45.8. The fourth-order valence-electron chi connectivity index (χ4n) is 3.15. The van der Waals surface area contributed by atoms with Crippen LogP contribution < -0.4 is 14.8 Å². The normalized spacial score (nSPS) is 10.9. The average Bonchev–Trinajstić information content (AvgIpc) is 2.82. The number of aromatic hydroxyl groups is 1. The molecular weight excluding hydrogens is 503 g/mol. The van der Waals surface area contributed by atoms with Gasteiger partial charge in [-0.3, -0.25) is 9.59 Å². The van der Waals surface area contributed by atoms with E-state index in [4.69, 9.17) is 14.6 Å². The molecule has 3 N–H and O–H groups in total. The van der Waals surface area contributed by atoms with Gasteiger partial charge < -0.3 is 29.7 Å². The van der Waals surface area contributed by atoms with Gasteiger partial charge in [0.25, 0.3) is 0 Å². The second-order valence-electron chi connectivity index (χ2n) is 7.62. The van der Waals surface area contributed by atoms with Crippen LogP contribution in [-0.2, 0) is 20.7 Å². The van der Waals surface area contributed by atoms with Crippen molar-refractivity contribution < 1.29 is 56.8 Å². The van der Waals surface area contributed by atoms with E-state index < -0.39 is 48.4 Å². The van der Waals surface area contributed by atoms with Crippen LogP contribution in [0.1, 0.15) is 46.0 Å². The number of phenols is 1. The number of Topliss-reactive ketones (excluding diaryl/α,β-unsaturated/α-hetero) is 1. The molecule has 2 aromatic carbocycles. The zero-order valence-electron chi connectivity index (χ0n) is 19.8. The first kappa shape index (κ1) is 28.9. The van der Waals surface area contributed by atoms with Crippen molar-refractivity contribution in [2.45, 2.75) is 32.4 Å². The fourth-order valence-corrected chi connectivity index (χ4v) is 3.15. The third-order valence-corrected chi connectivity index (χ3v) is 4.92. The summed E-state index contributed by atoms with van der Waals surface area (Å²) in [6.07, 6.45) is -6.15. The average molecular weight is 527 g/mol. The molecular formula is C24H24F3NO9. The minimum atomic E-state index is -4.49. The number of carbonyl (C=O) groups is 4. The SMILES string of the molecule is COC(=O)c1ccc(NC(=O)C(=O)O)cc1OCCCOc1ccc(C(C)=O)c(O)c1CCC(F)(F)F. The van der Waals surface area contributed by atoms with Gasteiger partial charge in [-0.05, 0) is 37.6 Å². The van der Waals surface area contributed by atoms with Crippen LogP contribution in [0.5, 0.6) is 17.2 Å². The summed E-state index contributed by atoms with van der Waals surface area (Å²) in [5, 5.41) is 21.1. The highest BCUT2D eigenvalue weighted by Gasteiger charge is 2.29. The molecule has 37 heavy (non-hydrogen) atoms. The van der Waals surface area contributed by atoms with Crippen molar-refractivity contribution in [1.29, 1.82) is 0 Å². The van der Waals surface area contributed by atoms with Gasteiger partial charge in [0, 0.05) is 30.2 Å². The zero-order valence-corrected chi connectivity index (χ0v) is 19.8. The first-order valence-electron chi connectivity index (χ1n) is 10.8. The Kier molecular flexibility index (Phi) is 9.86. The van der Waals surface area contributed by atoms with E-state index in [1.165, 1.54) is 37.3 Å². The standard InChI is InChI=1S/C24H24F3NO9/c1-13(29)15-6-7-18(16(20(15)30)8-9-24(25,26)27)36-10-3-11-37-19-12-14(28-21(31)22(32)33)4-5-17(19)23(34)35-2/h4-7,12,30H,3,8-11H2,1-2H3,(H,28,31)(H,32,33). The smallest absolute Gasteiger partial charge is 0.394 e. The largest absolute Gasteiger partial charge is 0.507 e. The van der Waals surface area contributed by atoms with Crippen molar-refractivity contribution >= 4 is 29.3 Å². The number of carbonyl (C=O) groups excluding carboxylic acids is 3. The van der Waals surface area contributed by atoms with Gasteiger partial charge in [0.05, 0.1) is 25.9 Å². The molecule has 0 aliphatic rings. The minimum absolute atomic E-state index is 0.00377. The highest BCUT2D eigenvalue weighted by molar-refractivity contribution is 6.36. The lowest BCUT2D eigenvalue weighted by atomic mass is 10.0. The highest BCUT2D eigenvalue weighted by Crippen LogP contribution is 2.35. The second kappa shape index (κ2) is 12.6. The molecule has 13 heteroatoms. The monoisotopic (exact) mass is 527 g/mol. The molecule has 0 saturated carbocycles. The van der Waals surface area contributed by atoms with Gasteiger partial charge in [-0.1, -0.05) is 0 Å². The zero-order chi connectivity index (χ0) is 27.8. The van der Waals surface area contributed by atoms with Crippen LogP contribution in [0.25, 0.3) is 0 Å². The van der Waals surface area contributed by atoms with Crippen molar-refractivity contribution in [2.24, 2.45) is 0 Å². The van der Waals surface area contributed by atoms with Crippen LogP contribution in [0.3, 0.4) is 0 Å². The van der Waals surface area contributed by atoms with E-state index in [9.17, 15) is 37.5 Å². The molecule has 200 valence electrons. The molecule has 0 bridgehead atoms. The Morgan fingerprint density at radius 2 is 1.59 bits per heavy atom. The lowest BCUT2D eigenvalue weighted by Gasteiger charge is -2.16. The second-order valence-corrected chi connectivity index (χ2v) is 7.62. The number of carboxylic acids is 1. The van der Waals surface area contributed by atoms with Crippen LogP contribution in [-0.4, -0.2) is 60.3 Å². The Bertz CT molecular complexity index is 1180. The summed E-state index contributed by atoms with van der Waals surface area (Å²) in [5.41, 5.74) is -0.239. The molecule has 0 spiro atoms. The summed E-state index contributed by atoms with van der Waals surface area (Å²) in [6.45, 7) is 1.04. The van der Waals surface area contributed by atoms with Crippen molar-refractivity contribution in [1.82, 2.24) is 0 Å². The number of carboxylic acid groups (broad SMARTS) is 1. The van der Waals surface area contributed by atoms with Crippen LogP contribution in [0, 0.1) is 0 Å². The molecule has 2 aromatic rings. The molecule has 0 fully saturated rings. The maximum Gasteiger partial charge on any atom is 0.394 e. The number of amides is 1. The summed E-state index contributed by atoms with van der Waals surface area (Å²) in [7, 11) is 1.14. The van der Waals surface area contributed by atoms with E-state index in [2.05, 4.69) is 10.1 Å². The first-order valence-corrected chi connectivity index (χ1v) is 10.8. The third kappa shape index (κ3) is 8.40. The summed E-state index contributed by atoms with van der Waals surface area (Å²) >= 11 is 0. The number of hydrogen-bond donors (Lipinski definition) is 3. The van der Waals surface area contributed by atoms with Crippen molar-refractivity contribution in [3.05, 3.63) is 47.0 Å². The van der Waals surface area contributed by atoms with Crippen LogP contribution in [0.2, 0.25) is 0 Å². The molecule has 0 saturated heterocycles. The third-order valence-electron chi connectivity index (χ3n) is 4.92. The minimum Gasteiger partial charge on any atom is -0.507 e. The van der Waals surface area contributed by atoms with E-state index in [1.807, 2.05) is 0 Å². The number of rotatable bonds is 11. The number of esters is 1. The van der Waals surface area contributed by atoms with E-state index in [0.717, 1.165) is 7.11 Å². The first-order chi connectivity index (χ1) is 17.3. The number of hydrogen-bond acceptors (Lipinski definition) is 8. The lowest BCUT2D eigenvalue weighted by Crippen LogP contribution is -2.22. The Balaban J connectivity index is 2.09. The van der Waals surface area contributed by atoms with Gasteiger partial charge in [-0.25, -0.2) is 9.59 Å². The Morgan fingerprint density at radius 3 is 2.16 bits per heavy atom. The molecule has 0 heterocycles. The summed E-state index contributed by atoms with van der Waals surface area (Å²) in [5.74, 6) is -4.91. The number of ether oxygens (including phenoxy) is 3. The number of alkyl halides is 3. The van der Waals surface area contributed by atoms with E-state index in [0.29, 0.717) is 0 Å². The molecule has 0 unspecified atom stereocenters. The number of phenolic OH excluding ortho intramolecular Hbond substituents is 1. The van der Waals surface area contributed by atoms with Crippen molar-refractivity contribution in [3.8, 4) is 17.2 Å². The summed E-state index contributed by atoms with van der Waals surface area (Å²) in [6, 6.07) is 6.32. The topological polar surface area (TPSA) is 148 Å². The van der Waals surface area contributed by atoms with Gasteiger partial charge in [-0.15, -0.1) is 0 Å². The molecule has 2 rings (SSSR count). The number of anilines is 1. The van der Waals surface area contributed by atoms with Gasteiger partial charge in [0.2, 0.25) is 0 Å². The van der Waals surface area contributed by atoms with E-state index >= 15 is 0 Å². The number of aliphatic carboxylic acids is 1. The Labute approximate surface area is 208 Å². The molecule has 0 aliphatic carbocycles. The van der Waals surface area contributed by atoms with E-state index in [-0.39, 0.29) is 53.5 Å². The number of halogens is 3. The predicted molar refractivity (Wildman–Crippen MR) is 122 cm³/mol.